The van der Waals surface area contributed by atoms with E-state index in [0.29, 0.717) is 20.9 Å². The first-order valence-electron chi connectivity index (χ1n) is 5.69. The summed E-state index contributed by atoms with van der Waals surface area (Å²) in [5.41, 5.74) is 1.46. The Balaban J connectivity index is 2.26. The number of benzene rings is 1. The van der Waals surface area contributed by atoms with E-state index in [1.807, 2.05) is 19.2 Å². The molecule has 2 aromatic rings. The average Bonchev–Trinajstić information content (AvgIpc) is 2.80. The van der Waals surface area contributed by atoms with Crippen molar-refractivity contribution in [2.24, 2.45) is 5.92 Å². The summed E-state index contributed by atoms with van der Waals surface area (Å²) in [6.45, 7) is 3.66. The molecule has 0 radical (unpaired) electrons. The molecule has 1 amide bonds. The number of rotatable bonds is 3. The van der Waals surface area contributed by atoms with Crippen LogP contribution in [0, 0.1) is 5.92 Å². The van der Waals surface area contributed by atoms with Crippen molar-refractivity contribution in [2.75, 3.05) is 5.32 Å². The lowest BCUT2D eigenvalue weighted by Gasteiger charge is -2.04. The standard InChI is InChI=1S/C13H12Cl2N2OS/c1-7(2)12(18)17-13-16-11(6-19-13)9-5-8(14)3-4-10(9)15/h3-7H,1-2H3,(H,16,17,18). The highest BCUT2D eigenvalue weighted by atomic mass is 35.5. The number of anilines is 1. The van der Waals surface area contributed by atoms with Gasteiger partial charge in [0.25, 0.3) is 0 Å². The first-order valence-corrected chi connectivity index (χ1v) is 7.32. The minimum absolute atomic E-state index is 0.0573. The van der Waals surface area contributed by atoms with Crippen molar-refractivity contribution in [3.63, 3.8) is 0 Å². The number of carbonyl (C=O) groups excluding carboxylic acids is 1. The number of amides is 1. The molecule has 6 heteroatoms. The van der Waals surface area contributed by atoms with Crippen molar-refractivity contribution in [2.45, 2.75) is 13.8 Å². The second-order valence-electron chi connectivity index (χ2n) is 4.31. The second-order valence-corrected chi connectivity index (χ2v) is 6.01. The molecular formula is C13H12Cl2N2OS. The maximum absolute atomic E-state index is 11.6. The molecule has 2 rings (SSSR count). The van der Waals surface area contributed by atoms with Crippen molar-refractivity contribution in [1.82, 2.24) is 4.98 Å². The highest BCUT2D eigenvalue weighted by Gasteiger charge is 2.12. The smallest absolute Gasteiger partial charge is 0.228 e. The Kier molecular flexibility index (Phi) is 4.45. The van der Waals surface area contributed by atoms with Gasteiger partial charge in [0.15, 0.2) is 5.13 Å². The van der Waals surface area contributed by atoms with E-state index in [9.17, 15) is 4.79 Å². The molecule has 0 saturated heterocycles. The molecule has 0 aliphatic rings. The van der Waals surface area contributed by atoms with Crippen LogP contribution in [0.5, 0.6) is 0 Å². The Hall–Kier alpha value is -1.10. The zero-order valence-electron chi connectivity index (χ0n) is 10.4. The van der Waals surface area contributed by atoms with E-state index in [4.69, 9.17) is 23.2 Å². The van der Waals surface area contributed by atoms with E-state index in [0.717, 1.165) is 5.56 Å². The van der Waals surface area contributed by atoms with E-state index < -0.39 is 0 Å². The summed E-state index contributed by atoms with van der Waals surface area (Å²) in [6.07, 6.45) is 0. The Morgan fingerprint density at radius 1 is 1.37 bits per heavy atom. The predicted molar refractivity (Wildman–Crippen MR) is 81.0 cm³/mol. The maximum Gasteiger partial charge on any atom is 0.228 e. The first-order chi connectivity index (χ1) is 8.97. The molecule has 1 aromatic heterocycles. The maximum atomic E-state index is 11.6. The van der Waals surface area contributed by atoms with Crippen molar-refractivity contribution >= 4 is 45.6 Å². The number of carbonyl (C=O) groups is 1. The van der Waals surface area contributed by atoms with Crippen LogP contribution >= 0.6 is 34.5 Å². The van der Waals surface area contributed by atoms with Crippen LogP contribution < -0.4 is 5.32 Å². The summed E-state index contributed by atoms with van der Waals surface area (Å²) < 4.78 is 0. The molecule has 3 nitrogen and oxygen atoms in total. The molecule has 1 aromatic carbocycles. The van der Waals surface area contributed by atoms with E-state index in [1.54, 1.807) is 18.2 Å². The number of halogens is 2. The molecule has 0 unspecified atom stereocenters. The van der Waals surface area contributed by atoms with E-state index >= 15 is 0 Å². The Morgan fingerprint density at radius 2 is 2.11 bits per heavy atom. The third-order valence-electron chi connectivity index (χ3n) is 2.46. The third-order valence-corrected chi connectivity index (χ3v) is 3.79. The molecule has 0 fully saturated rings. The zero-order valence-corrected chi connectivity index (χ0v) is 12.7. The number of nitrogens with one attached hydrogen (secondary N) is 1. The minimum atomic E-state index is -0.0814. The number of hydrogen-bond acceptors (Lipinski definition) is 3. The van der Waals surface area contributed by atoms with Crippen LogP contribution in [0.3, 0.4) is 0 Å². The molecule has 0 aliphatic carbocycles. The summed E-state index contributed by atoms with van der Waals surface area (Å²) in [4.78, 5) is 15.9. The zero-order chi connectivity index (χ0) is 14.0. The van der Waals surface area contributed by atoms with Gasteiger partial charge in [-0.25, -0.2) is 4.98 Å². The molecule has 0 spiro atoms. The van der Waals surface area contributed by atoms with Gasteiger partial charge in [-0.3, -0.25) is 4.79 Å². The van der Waals surface area contributed by atoms with E-state index in [1.165, 1.54) is 11.3 Å². The summed E-state index contributed by atoms with van der Waals surface area (Å²) in [5.74, 6) is -0.139. The van der Waals surface area contributed by atoms with Crippen LogP contribution in [0.4, 0.5) is 5.13 Å². The second kappa shape index (κ2) is 5.90. The normalized spacial score (nSPS) is 10.8. The number of nitrogens with zero attached hydrogens (tertiary/aromatic N) is 1. The van der Waals surface area contributed by atoms with Crippen LogP contribution in [-0.4, -0.2) is 10.9 Å². The van der Waals surface area contributed by atoms with Crippen LogP contribution in [0.15, 0.2) is 23.6 Å². The fourth-order valence-corrected chi connectivity index (χ4v) is 2.50. The summed E-state index contributed by atoms with van der Waals surface area (Å²) in [7, 11) is 0. The van der Waals surface area contributed by atoms with Gasteiger partial charge in [0.2, 0.25) is 5.91 Å². The summed E-state index contributed by atoms with van der Waals surface area (Å²) >= 11 is 13.4. The fourth-order valence-electron chi connectivity index (χ4n) is 1.40. The topological polar surface area (TPSA) is 42.0 Å². The van der Waals surface area contributed by atoms with Gasteiger partial charge < -0.3 is 5.32 Å². The molecule has 100 valence electrons. The largest absolute Gasteiger partial charge is 0.302 e. The van der Waals surface area contributed by atoms with Crippen LogP contribution in [0.1, 0.15) is 13.8 Å². The van der Waals surface area contributed by atoms with Crippen LogP contribution in [0.25, 0.3) is 11.3 Å². The lowest BCUT2D eigenvalue weighted by atomic mass is 10.2. The Morgan fingerprint density at radius 3 is 2.79 bits per heavy atom. The van der Waals surface area contributed by atoms with Gasteiger partial charge in [-0.15, -0.1) is 11.3 Å². The minimum Gasteiger partial charge on any atom is -0.302 e. The van der Waals surface area contributed by atoms with Crippen molar-refractivity contribution in [3.8, 4) is 11.3 Å². The number of aromatic nitrogens is 1. The Bertz CT molecular complexity index is 610. The quantitative estimate of drug-likeness (QED) is 0.891. The molecule has 0 aliphatic heterocycles. The molecule has 0 bridgehead atoms. The van der Waals surface area contributed by atoms with Crippen molar-refractivity contribution < 1.29 is 4.79 Å². The van der Waals surface area contributed by atoms with Gasteiger partial charge in [-0.05, 0) is 18.2 Å². The predicted octanol–water partition coefficient (Wildman–Crippen LogP) is 4.71. The van der Waals surface area contributed by atoms with Gasteiger partial charge in [0.05, 0.1) is 10.7 Å². The molecular weight excluding hydrogens is 303 g/mol. The Labute approximate surface area is 125 Å². The number of hydrogen-bond donors (Lipinski definition) is 1. The lowest BCUT2D eigenvalue weighted by molar-refractivity contribution is -0.118. The lowest BCUT2D eigenvalue weighted by Crippen LogP contribution is -2.17. The van der Waals surface area contributed by atoms with Crippen LogP contribution in [0.2, 0.25) is 10.0 Å². The van der Waals surface area contributed by atoms with Crippen LogP contribution in [-0.2, 0) is 4.79 Å². The monoisotopic (exact) mass is 314 g/mol. The summed E-state index contributed by atoms with van der Waals surface area (Å²) in [5, 5.41) is 6.34. The SMILES string of the molecule is CC(C)C(=O)Nc1nc(-c2cc(Cl)ccc2Cl)cs1. The van der Waals surface area contributed by atoms with Crippen molar-refractivity contribution in [3.05, 3.63) is 33.6 Å². The van der Waals surface area contributed by atoms with E-state index in [2.05, 4.69) is 10.3 Å². The molecule has 19 heavy (non-hydrogen) atoms. The van der Waals surface area contributed by atoms with Gasteiger partial charge in [-0.2, -0.15) is 0 Å². The van der Waals surface area contributed by atoms with E-state index in [-0.39, 0.29) is 11.8 Å². The van der Waals surface area contributed by atoms with Gasteiger partial charge >= 0.3 is 0 Å². The average molecular weight is 315 g/mol. The van der Waals surface area contributed by atoms with Gasteiger partial charge in [0.1, 0.15) is 0 Å². The van der Waals surface area contributed by atoms with Crippen molar-refractivity contribution in [1.29, 1.82) is 0 Å². The highest BCUT2D eigenvalue weighted by molar-refractivity contribution is 7.14. The fraction of sp³-hybridized carbons (Fsp3) is 0.231. The van der Waals surface area contributed by atoms with Gasteiger partial charge in [-0.1, -0.05) is 37.0 Å². The van der Waals surface area contributed by atoms with Gasteiger partial charge in [0, 0.05) is 21.9 Å². The molecule has 0 saturated carbocycles. The highest BCUT2D eigenvalue weighted by Crippen LogP contribution is 2.32. The molecule has 0 atom stereocenters. The molecule has 1 N–H and O–H groups in total. The third kappa shape index (κ3) is 3.47. The summed E-state index contributed by atoms with van der Waals surface area (Å²) in [6, 6.07) is 5.21. The number of thiazole rings is 1. The first kappa shape index (κ1) is 14.3. The molecule has 1 heterocycles.